The van der Waals surface area contributed by atoms with Gasteiger partial charge in [0.25, 0.3) is 5.69 Å². The van der Waals surface area contributed by atoms with Crippen molar-refractivity contribution in [1.29, 1.82) is 0 Å². The van der Waals surface area contributed by atoms with E-state index in [4.69, 9.17) is 4.74 Å². The molecule has 1 amide bonds. The van der Waals surface area contributed by atoms with Crippen LogP contribution in [0.3, 0.4) is 0 Å². The molecule has 1 atom stereocenters. The Hall–Kier alpha value is -3.75. The van der Waals surface area contributed by atoms with E-state index in [1.54, 1.807) is 70.7 Å². The van der Waals surface area contributed by atoms with Crippen LogP contribution in [0.2, 0.25) is 0 Å². The van der Waals surface area contributed by atoms with E-state index >= 15 is 0 Å². The van der Waals surface area contributed by atoms with Crippen LogP contribution in [0.1, 0.15) is 24.1 Å². The van der Waals surface area contributed by atoms with Crippen molar-refractivity contribution in [3.8, 4) is 5.75 Å². The third-order valence-corrected chi connectivity index (χ3v) is 3.94. The Kier molecular flexibility index (Phi) is 7.41. The molecule has 0 aromatic heterocycles. The fraction of sp³-hybridized carbons (Fsp3) is 0.250. The molecule has 0 saturated carbocycles. The highest BCUT2D eigenvalue weighted by molar-refractivity contribution is 5.87. The normalized spacial score (nSPS) is 12.5. The summed E-state index contributed by atoms with van der Waals surface area (Å²) in [6, 6.07) is 12.6. The van der Waals surface area contributed by atoms with Crippen LogP contribution in [-0.4, -0.2) is 49.2 Å². The minimum Gasteiger partial charge on any atom is -0.410 e. The van der Waals surface area contributed by atoms with Crippen LogP contribution in [0.25, 0.3) is 0 Å². The number of carbonyl (C=O) groups is 1. The standard InChI is InChI=1S/C20H23N5O4/c1-5-22-19(21-2)23-18(14-9-8-10-15(13-14)25(27)28)16-11-6-7-12-17(16)29-20(26)24(3)4/h5-13,18H,1-4H3,(H,21,23)/b22-5-. The van der Waals surface area contributed by atoms with E-state index in [0.717, 1.165) is 0 Å². The van der Waals surface area contributed by atoms with E-state index in [-0.39, 0.29) is 5.69 Å². The first kappa shape index (κ1) is 21.5. The van der Waals surface area contributed by atoms with Gasteiger partial charge in [-0.2, -0.15) is 0 Å². The Balaban J connectivity index is 2.58. The minimum atomic E-state index is -0.594. The molecule has 0 aliphatic carbocycles. The van der Waals surface area contributed by atoms with Gasteiger partial charge in [0.2, 0.25) is 5.96 Å². The Morgan fingerprint density at radius 3 is 2.59 bits per heavy atom. The van der Waals surface area contributed by atoms with Crippen LogP contribution in [0.15, 0.2) is 58.5 Å². The fourth-order valence-electron chi connectivity index (χ4n) is 2.57. The Morgan fingerprint density at radius 1 is 1.24 bits per heavy atom. The molecule has 0 fully saturated rings. The number of rotatable bonds is 5. The first-order valence-corrected chi connectivity index (χ1v) is 8.81. The quantitative estimate of drug-likeness (QED) is 0.360. The Labute approximate surface area is 168 Å². The number of nitrogens with one attached hydrogen (secondary N) is 1. The number of ether oxygens (including phenoxy) is 1. The zero-order valence-corrected chi connectivity index (χ0v) is 16.7. The number of carbonyl (C=O) groups excluding carboxylic acids is 1. The van der Waals surface area contributed by atoms with Gasteiger partial charge < -0.3 is 15.0 Å². The summed E-state index contributed by atoms with van der Waals surface area (Å²) >= 11 is 0. The lowest BCUT2D eigenvalue weighted by atomic mass is 9.97. The largest absolute Gasteiger partial charge is 0.414 e. The van der Waals surface area contributed by atoms with Gasteiger partial charge in [0.1, 0.15) is 5.75 Å². The van der Waals surface area contributed by atoms with E-state index in [0.29, 0.717) is 22.8 Å². The smallest absolute Gasteiger partial charge is 0.410 e. The van der Waals surface area contributed by atoms with Gasteiger partial charge in [-0.3, -0.25) is 15.1 Å². The van der Waals surface area contributed by atoms with Crippen molar-refractivity contribution in [2.45, 2.75) is 13.0 Å². The van der Waals surface area contributed by atoms with Gasteiger partial charge in [-0.1, -0.05) is 30.3 Å². The molecular weight excluding hydrogens is 374 g/mol. The van der Waals surface area contributed by atoms with Crippen LogP contribution >= 0.6 is 0 Å². The van der Waals surface area contributed by atoms with Gasteiger partial charge in [0.05, 0.1) is 11.0 Å². The number of hydrogen-bond acceptors (Lipinski definition) is 5. The van der Waals surface area contributed by atoms with Gasteiger partial charge >= 0.3 is 6.09 Å². The van der Waals surface area contributed by atoms with Crippen molar-refractivity contribution in [3.63, 3.8) is 0 Å². The van der Waals surface area contributed by atoms with Gasteiger partial charge in [-0.25, -0.2) is 9.79 Å². The zero-order valence-electron chi connectivity index (χ0n) is 16.7. The molecule has 9 heteroatoms. The first-order chi connectivity index (χ1) is 13.9. The molecule has 0 radical (unpaired) electrons. The number of para-hydroxylation sites is 1. The maximum atomic E-state index is 12.1. The summed E-state index contributed by atoms with van der Waals surface area (Å²) in [7, 11) is 4.75. The highest BCUT2D eigenvalue weighted by Crippen LogP contribution is 2.32. The molecule has 9 nitrogen and oxygen atoms in total. The number of non-ortho nitro benzene ring substituents is 1. The van der Waals surface area contributed by atoms with Gasteiger partial charge in [-0.05, 0) is 18.6 Å². The van der Waals surface area contributed by atoms with E-state index < -0.39 is 17.1 Å². The second-order valence-corrected chi connectivity index (χ2v) is 6.16. The molecule has 1 unspecified atom stereocenters. The van der Waals surface area contributed by atoms with Crippen LogP contribution in [0.4, 0.5) is 10.5 Å². The second kappa shape index (κ2) is 9.98. The minimum absolute atomic E-state index is 0.0500. The molecule has 1 N–H and O–H groups in total. The highest BCUT2D eigenvalue weighted by Gasteiger charge is 2.23. The van der Waals surface area contributed by atoms with Crippen molar-refractivity contribution >= 4 is 24.0 Å². The number of aliphatic imine (C=N–C) groups is 2. The van der Waals surface area contributed by atoms with Crippen molar-refractivity contribution in [2.75, 3.05) is 21.1 Å². The predicted octanol–water partition coefficient (Wildman–Crippen LogP) is 3.41. The molecule has 0 aliphatic rings. The molecule has 152 valence electrons. The van der Waals surface area contributed by atoms with Gasteiger partial charge in [-0.15, -0.1) is 0 Å². The summed E-state index contributed by atoms with van der Waals surface area (Å²) in [6.07, 6.45) is 1.05. The molecule has 0 spiro atoms. The number of nitro groups is 1. The van der Waals surface area contributed by atoms with Gasteiger partial charge in [0.15, 0.2) is 0 Å². The third-order valence-electron chi connectivity index (χ3n) is 3.94. The van der Waals surface area contributed by atoms with E-state index in [9.17, 15) is 14.9 Å². The molecule has 0 aliphatic heterocycles. The highest BCUT2D eigenvalue weighted by atomic mass is 16.6. The topological polar surface area (TPSA) is 109 Å². The summed E-state index contributed by atoms with van der Waals surface area (Å²) in [5.74, 6) is 0.656. The Bertz CT molecular complexity index is 940. The number of benzene rings is 2. The Morgan fingerprint density at radius 2 is 1.97 bits per heavy atom. The maximum Gasteiger partial charge on any atom is 0.414 e. The van der Waals surface area contributed by atoms with Crippen molar-refractivity contribution in [3.05, 3.63) is 69.8 Å². The molecule has 2 aromatic rings. The summed E-state index contributed by atoms with van der Waals surface area (Å²) < 4.78 is 5.50. The molecule has 0 heterocycles. The predicted molar refractivity (Wildman–Crippen MR) is 112 cm³/mol. The number of nitrogens with zero attached hydrogens (tertiary/aromatic N) is 4. The van der Waals surface area contributed by atoms with Crippen molar-refractivity contribution < 1.29 is 14.5 Å². The van der Waals surface area contributed by atoms with Crippen molar-refractivity contribution in [2.24, 2.45) is 9.98 Å². The van der Waals surface area contributed by atoms with E-state index in [2.05, 4.69) is 15.3 Å². The maximum absolute atomic E-state index is 12.1. The summed E-state index contributed by atoms with van der Waals surface area (Å²) in [6.45, 7) is 1.75. The monoisotopic (exact) mass is 397 g/mol. The second-order valence-electron chi connectivity index (χ2n) is 6.16. The number of amides is 1. The fourth-order valence-corrected chi connectivity index (χ4v) is 2.57. The van der Waals surface area contributed by atoms with Crippen LogP contribution in [0.5, 0.6) is 5.75 Å². The van der Waals surface area contributed by atoms with Crippen LogP contribution in [0, 0.1) is 10.1 Å². The lowest BCUT2D eigenvalue weighted by Crippen LogP contribution is -2.30. The first-order valence-electron chi connectivity index (χ1n) is 8.81. The van der Waals surface area contributed by atoms with Crippen LogP contribution in [-0.2, 0) is 0 Å². The lowest BCUT2D eigenvalue weighted by molar-refractivity contribution is -0.384. The average Bonchev–Trinajstić information content (AvgIpc) is 2.71. The van der Waals surface area contributed by atoms with Crippen molar-refractivity contribution in [1.82, 2.24) is 10.2 Å². The number of nitro benzene ring substituents is 1. The summed E-state index contributed by atoms with van der Waals surface area (Å²) in [5, 5.41) is 14.4. The molecule has 0 saturated heterocycles. The zero-order chi connectivity index (χ0) is 21.4. The molecule has 2 aromatic carbocycles. The van der Waals surface area contributed by atoms with Crippen LogP contribution < -0.4 is 10.1 Å². The molecular formula is C20H23N5O4. The summed E-state index contributed by atoms with van der Waals surface area (Å²) in [5.41, 5.74) is 1.15. The lowest BCUT2D eigenvalue weighted by Gasteiger charge is -2.23. The van der Waals surface area contributed by atoms with Gasteiger partial charge in [0, 0.05) is 45.1 Å². The molecule has 2 rings (SSSR count). The SMILES string of the molecule is C/C=N\C(=NC)NC(c1cccc([N+](=O)[O-])c1)c1ccccc1OC(=O)N(C)C. The average molecular weight is 397 g/mol. The summed E-state index contributed by atoms with van der Waals surface area (Å²) in [4.78, 5) is 32.5. The van der Waals surface area contributed by atoms with E-state index in [1.807, 2.05) is 0 Å². The third kappa shape index (κ3) is 5.61. The van der Waals surface area contributed by atoms with E-state index in [1.165, 1.54) is 17.0 Å². The number of guanidine groups is 1. The number of hydrogen-bond donors (Lipinski definition) is 1. The molecule has 0 bridgehead atoms. The molecule has 29 heavy (non-hydrogen) atoms.